The molecule has 8 nitrogen and oxygen atoms in total. The third-order valence-corrected chi connectivity index (χ3v) is 3.19. The summed E-state index contributed by atoms with van der Waals surface area (Å²) in [7, 11) is 0. The first kappa shape index (κ1) is 18.4. The van der Waals surface area contributed by atoms with Crippen LogP contribution in [-0.2, 0) is 33.3 Å². The van der Waals surface area contributed by atoms with E-state index < -0.39 is 48.4 Å². The maximum atomic E-state index is 11.4. The minimum atomic E-state index is -0.995. The number of hydrogen-bond donors (Lipinski definition) is 1. The number of aliphatic hydroxyl groups excluding tert-OH is 1. The van der Waals surface area contributed by atoms with Gasteiger partial charge in [0.15, 0.2) is 18.3 Å². The van der Waals surface area contributed by atoms with Crippen LogP contribution < -0.4 is 0 Å². The monoisotopic (exact) mass is 318 g/mol. The predicted molar refractivity (Wildman–Crippen MR) is 72.7 cm³/mol. The average Bonchev–Trinajstić information content (AvgIpc) is 2.37. The molecule has 0 bridgehead atoms. The molecule has 0 aromatic carbocycles. The van der Waals surface area contributed by atoms with Gasteiger partial charge in [-0.15, -0.1) is 0 Å². The van der Waals surface area contributed by atoms with Gasteiger partial charge in [0, 0.05) is 33.8 Å². The molecule has 8 heteroatoms. The Bertz CT molecular complexity index is 421. The van der Waals surface area contributed by atoms with Crippen LogP contribution in [0.4, 0.5) is 0 Å². The van der Waals surface area contributed by atoms with Gasteiger partial charge in [-0.1, -0.05) is 0 Å². The second-order valence-electron chi connectivity index (χ2n) is 5.11. The number of aliphatic hydroxyl groups is 1. The lowest BCUT2D eigenvalue weighted by Crippen LogP contribution is -2.60. The van der Waals surface area contributed by atoms with Crippen LogP contribution in [0.1, 0.15) is 34.1 Å². The van der Waals surface area contributed by atoms with Crippen molar-refractivity contribution in [1.82, 2.24) is 0 Å². The summed E-state index contributed by atoms with van der Waals surface area (Å²) < 4.78 is 21.2. The van der Waals surface area contributed by atoms with E-state index in [0.29, 0.717) is 0 Å². The van der Waals surface area contributed by atoms with Gasteiger partial charge in [-0.25, -0.2) is 0 Å². The lowest BCUT2D eigenvalue weighted by Gasteiger charge is -2.43. The van der Waals surface area contributed by atoms with Gasteiger partial charge in [-0.05, 0) is 6.92 Å². The van der Waals surface area contributed by atoms with E-state index in [1.807, 2.05) is 0 Å². The van der Waals surface area contributed by atoms with Crippen molar-refractivity contribution in [3.05, 3.63) is 0 Å². The van der Waals surface area contributed by atoms with Gasteiger partial charge in [-0.2, -0.15) is 0 Å². The summed E-state index contributed by atoms with van der Waals surface area (Å²) in [5, 5.41) is 9.12. The van der Waals surface area contributed by atoms with Crippen LogP contribution in [0, 0.1) is 0 Å². The number of rotatable bonds is 5. The molecule has 1 aliphatic rings. The molecule has 1 heterocycles. The van der Waals surface area contributed by atoms with Crippen LogP contribution in [0.5, 0.6) is 0 Å². The SMILES string of the molecule is CC(=O)OC1C(OC(C)=O)[C@H](CCO)OC(C)[C@H]1OC(C)=O. The minimum absolute atomic E-state index is 0.187. The second kappa shape index (κ2) is 8.09. The Labute approximate surface area is 128 Å². The molecule has 1 fully saturated rings. The first-order valence-corrected chi connectivity index (χ1v) is 7.04. The molecule has 1 N–H and O–H groups in total. The van der Waals surface area contributed by atoms with Crippen LogP contribution in [0.25, 0.3) is 0 Å². The molecule has 1 aliphatic heterocycles. The molecule has 22 heavy (non-hydrogen) atoms. The zero-order valence-corrected chi connectivity index (χ0v) is 13.1. The Morgan fingerprint density at radius 3 is 1.82 bits per heavy atom. The van der Waals surface area contributed by atoms with Crippen molar-refractivity contribution in [2.24, 2.45) is 0 Å². The molecule has 0 spiro atoms. The molecule has 1 saturated heterocycles. The van der Waals surface area contributed by atoms with Crippen molar-refractivity contribution in [1.29, 1.82) is 0 Å². The lowest BCUT2D eigenvalue weighted by atomic mass is 9.93. The number of ether oxygens (including phenoxy) is 4. The van der Waals surface area contributed by atoms with Gasteiger partial charge in [-0.3, -0.25) is 14.4 Å². The van der Waals surface area contributed by atoms with Crippen LogP contribution in [0.3, 0.4) is 0 Å². The van der Waals surface area contributed by atoms with Crippen molar-refractivity contribution >= 4 is 17.9 Å². The van der Waals surface area contributed by atoms with Crippen molar-refractivity contribution in [2.75, 3.05) is 6.61 Å². The zero-order valence-electron chi connectivity index (χ0n) is 13.1. The van der Waals surface area contributed by atoms with E-state index in [1.165, 1.54) is 20.8 Å². The Balaban J connectivity index is 3.09. The summed E-state index contributed by atoms with van der Waals surface area (Å²) >= 11 is 0. The highest BCUT2D eigenvalue weighted by Crippen LogP contribution is 2.29. The van der Waals surface area contributed by atoms with Crippen LogP contribution in [0.2, 0.25) is 0 Å². The van der Waals surface area contributed by atoms with Gasteiger partial charge >= 0.3 is 17.9 Å². The summed E-state index contributed by atoms with van der Waals surface area (Å²) in [6.45, 7) is 5.09. The maximum Gasteiger partial charge on any atom is 0.303 e. The fourth-order valence-corrected chi connectivity index (χ4v) is 2.47. The van der Waals surface area contributed by atoms with Crippen molar-refractivity contribution < 1.29 is 38.4 Å². The van der Waals surface area contributed by atoms with E-state index in [9.17, 15) is 14.4 Å². The summed E-state index contributed by atoms with van der Waals surface area (Å²) in [5.74, 6) is -1.76. The first-order valence-electron chi connectivity index (χ1n) is 7.04. The second-order valence-corrected chi connectivity index (χ2v) is 5.11. The third kappa shape index (κ3) is 4.96. The lowest BCUT2D eigenvalue weighted by molar-refractivity contribution is -0.245. The Hall–Kier alpha value is -1.67. The summed E-state index contributed by atoms with van der Waals surface area (Å²) in [6.07, 6.45) is -3.93. The van der Waals surface area contributed by atoms with Crippen LogP contribution in [-0.4, -0.2) is 60.1 Å². The molecule has 0 aromatic rings. The Kier molecular flexibility index (Phi) is 6.76. The van der Waals surface area contributed by atoms with Gasteiger partial charge < -0.3 is 24.1 Å². The maximum absolute atomic E-state index is 11.4. The highest BCUT2D eigenvalue weighted by molar-refractivity contribution is 5.68. The van der Waals surface area contributed by atoms with Gasteiger partial charge in [0.25, 0.3) is 0 Å². The molecule has 0 saturated carbocycles. The first-order chi connectivity index (χ1) is 10.3. The van der Waals surface area contributed by atoms with E-state index in [2.05, 4.69) is 0 Å². The van der Waals surface area contributed by atoms with Crippen molar-refractivity contribution in [2.45, 2.75) is 64.6 Å². The molecule has 0 aliphatic carbocycles. The quantitative estimate of drug-likeness (QED) is 0.555. The molecular formula is C14H22O8. The summed E-state index contributed by atoms with van der Waals surface area (Å²) in [5.41, 5.74) is 0. The molecule has 126 valence electrons. The molecule has 3 unspecified atom stereocenters. The fraction of sp³-hybridized carbons (Fsp3) is 0.786. The van der Waals surface area contributed by atoms with E-state index in [1.54, 1.807) is 6.92 Å². The number of carbonyl (C=O) groups is 3. The molecule has 0 aromatic heterocycles. The normalized spacial score (nSPS) is 31.2. The van der Waals surface area contributed by atoms with Gasteiger partial charge in [0.05, 0.1) is 6.10 Å². The zero-order chi connectivity index (χ0) is 16.9. The summed E-state index contributed by atoms with van der Waals surface area (Å²) in [6, 6.07) is 0. The smallest absolute Gasteiger partial charge is 0.303 e. The number of esters is 3. The Morgan fingerprint density at radius 1 is 0.909 bits per heavy atom. The van der Waals surface area contributed by atoms with E-state index in [0.717, 1.165) is 0 Å². The number of hydrogen-bond acceptors (Lipinski definition) is 8. The van der Waals surface area contributed by atoms with Crippen molar-refractivity contribution in [3.63, 3.8) is 0 Å². The molecule has 1 rings (SSSR count). The molecule has 5 atom stereocenters. The standard InChI is InChI=1S/C14H22O8/c1-7-12(20-8(2)16)14(22-10(4)18)13(21-9(3)17)11(19-7)5-6-15/h7,11-15H,5-6H2,1-4H3/t7?,11-,12+,13?,14?/m0/s1. The topological polar surface area (TPSA) is 108 Å². The molecule has 0 radical (unpaired) electrons. The minimum Gasteiger partial charge on any atom is -0.456 e. The summed E-state index contributed by atoms with van der Waals surface area (Å²) in [4.78, 5) is 33.9. The predicted octanol–water partition coefficient (Wildman–Crippen LogP) is -0.0488. The van der Waals surface area contributed by atoms with Crippen molar-refractivity contribution in [3.8, 4) is 0 Å². The van der Waals surface area contributed by atoms with Gasteiger partial charge in [0.1, 0.15) is 6.10 Å². The highest BCUT2D eigenvalue weighted by atomic mass is 16.6. The van der Waals surface area contributed by atoms with E-state index in [4.69, 9.17) is 24.1 Å². The van der Waals surface area contributed by atoms with Crippen LogP contribution in [0.15, 0.2) is 0 Å². The highest BCUT2D eigenvalue weighted by Gasteiger charge is 2.49. The van der Waals surface area contributed by atoms with Crippen LogP contribution >= 0.6 is 0 Å². The Morgan fingerprint density at radius 2 is 1.36 bits per heavy atom. The average molecular weight is 318 g/mol. The molecular weight excluding hydrogens is 296 g/mol. The van der Waals surface area contributed by atoms with E-state index in [-0.39, 0.29) is 13.0 Å². The largest absolute Gasteiger partial charge is 0.456 e. The van der Waals surface area contributed by atoms with Gasteiger partial charge in [0.2, 0.25) is 0 Å². The molecule has 0 amide bonds. The van der Waals surface area contributed by atoms with E-state index >= 15 is 0 Å². The number of carbonyl (C=O) groups excluding carboxylic acids is 3. The fourth-order valence-electron chi connectivity index (χ4n) is 2.47. The third-order valence-electron chi connectivity index (χ3n) is 3.19.